The van der Waals surface area contributed by atoms with Gasteiger partial charge in [0.15, 0.2) is 0 Å². The number of carbonyl (C=O) groups excluding carboxylic acids is 1. The van der Waals surface area contributed by atoms with Crippen LogP contribution in [0.25, 0.3) is 10.8 Å². The van der Waals surface area contributed by atoms with Crippen LogP contribution >= 0.6 is 0 Å². The zero-order valence-electron chi connectivity index (χ0n) is 9.06. The van der Waals surface area contributed by atoms with Crippen molar-refractivity contribution in [2.75, 3.05) is 6.61 Å². The van der Waals surface area contributed by atoms with Crippen molar-refractivity contribution in [3.05, 3.63) is 42.5 Å². The lowest BCUT2D eigenvalue weighted by molar-refractivity contribution is -0.108. The Bertz CT molecular complexity index is 472. The SMILES string of the molecule is O=CCCCOc1cccc2ccccc12. The van der Waals surface area contributed by atoms with Crippen molar-refractivity contribution in [2.24, 2.45) is 0 Å². The molecule has 0 saturated carbocycles. The Labute approximate surface area is 94.8 Å². The minimum Gasteiger partial charge on any atom is -0.493 e. The Morgan fingerprint density at radius 1 is 1.06 bits per heavy atom. The predicted molar refractivity (Wildman–Crippen MR) is 64.7 cm³/mol. The van der Waals surface area contributed by atoms with E-state index in [-0.39, 0.29) is 0 Å². The van der Waals surface area contributed by atoms with Crippen LogP contribution in [0.1, 0.15) is 12.8 Å². The summed E-state index contributed by atoms with van der Waals surface area (Å²) in [5.74, 6) is 0.893. The van der Waals surface area contributed by atoms with Crippen LogP contribution in [0.4, 0.5) is 0 Å². The molecule has 0 spiro atoms. The number of rotatable bonds is 5. The summed E-state index contributed by atoms with van der Waals surface area (Å²) in [5, 5.41) is 2.30. The molecule has 0 N–H and O–H groups in total. The summed E-state index contributed by atoms with van der Waals surface area (Å²) in [6.07, 6.45) is 2.25. The molecule has 2 rings (SSSR count). The molecule has 0 heterocycles. The molecule has 0 aromatic heterocycles. The maximum atomic E-state index is 10.2. The van der Waals surface area contributed by atoms with E-state index in [2.05, 4.69) is 12.1 Å². The van der Waals surface area contributed by atoms with E-state index in [0.29, 0.717) is 13.0 Å². The van der Waals surface area contributed by atoms with Crippen LogP contribution in [0.5, 0.6) is 5.75 Å². The van der Waals surface area contributed by atoms with Gasteiger partial charge in [0.2, 0.25) is 0 Å². The largest absolute Gasteiger partial charge is 0.493 e. The minimum absolute atomic E-state index is 0.560. The van der Waals surface area contributed by atoms with Crippen LogP contribution in [0.15, 0.2) is 42.5 Å². The summed E-state index contributed by atoms with van der Waals surface area (Å²) in [6.45, 7) is 0.590. The molecule has 0 radical (unpaired) electrons. The second-order valence-electron chi connectivity index (χ2n) is 3.63. The normalized spacial score (nSPS) is 10.2. The van der Waals surface area contributed by atoms with Crippen LogP contribution in [0.2, 0.25) is 0 Å². The standard InChI is InChI=1S/C14H14O2/c15-10-3-4-11-16-14-9-5-7-12-6-1-2-8-13(12)14/h1-2,5-10H,3-4,11H2. The van der Waals surface area contributed by atoms with Crippen molar-refractivity contribution in [3.8, 4) is 5.75 Å². The quantitative estimate of drug-likeness (QED) is 0.564. The van der Waals surface area contributed by atoms with Gasteiger partial charge in [0, 0.05) is 11.8 Å². The van der Waals surface area contributed by atoms with E-state index in [1.54, 1.807) is 0 Å². The molecule has 0 saturated heterocycles. The molecule has 82 valence electrons. The Kier molecular flexibility index (Phi) is 3.54. The summed E-state index contributed by atoms with van der Waals surface area (Å²) in [5.41, 5.74) is 0. The molecule has 2 aromatic rings. The van der Waals surface area contributed by atoms with Crippen molar-refractivity contribution < 1.29 is 9.53 Å². The van der Waals surface area contributed by atoms with Crippen molar-refractivity contribution in [2.45, 2.75) is 12.8 Å². The smallest absolute Gasteiger partial charge is 0.127 e. The molecule has 0 aliphatic carbocycles. The van der Waals surface area contributed by atoms with E-state index in [1.165, 1.54) is 5.39 Å². The summed E-state index contributed by atoms with van der Waals surface area (Å²) in [7, 11) is 0. The number of benzene rings is 2. The lowest BCUT2D eigenvalue weighted by atomic mass is 10.1. The topological polar surface area (TPSA) is 26.3 Å². The Hall–Kier alpha value is -1.83. The second-order valence-corrected chi connectivity index (χ2v) is 3.63. The second kappa shape index (κ2) is 5.31. The lowest BCUT2D eigenvalue weighted by Crippen LogP contribution is -1.97. The molecule has 0 unspecified atom stereocenters. The molecule has 0 aliphatic rings. The van der Waals surface area contributed by atoms with Gasteiger partial charge in [-0.2, -0.15) is 0 Å². The fraction of sp³-hybridized carbons (Fsp3) is 0.214. The van der Waals surface area contributed by atoms with Gasteiger partial charge >= 0.3 is 0 Å². The number of fused-ring (bicyclic) bond motifs is 1. The first-order valence-corrected chi connectivity index (χ1v) is 5.46. The predicted octanol–water partition coefficient (Wildman–Crippen LogP) is 3.20. The molecule has 0 fully saturated rings. The molecule has 0 atom stereocenters. The van der Waals surface area contributed by atoms with Crippen LogP contribution in [-0.4, -0.2) is 12.9 Å². The number of unbranched alkanes of at least 4 members (excludes halogenated alkanes) is 1. The van der Waals surface area contributed by atoms with Crippen LogP contribution in [-0.2, 0) is 4.79 Å². The zero-order valence-corrected chi connectivity index (χ0v) is 9.06. The average Bonchev–Trinajstić information content (AvgIpc) is 2.35. The maximum absolute atomic E-state index is 10.2. The van der Waals surface area contributed by atoms with Gasteiger partial charge in [-0.3, -0.25) is 0 Å². The van der Waals surface area contributed by atoms with Crippen LogP contribution < -0.4 is 4.74 Å². The Balaban J connectivity index is 2.14. The number of hydrogen-bond acceptors (Lipinski definition) is 2. The first kappa shape index (κ1) is 10.7. The van der Waals surface area contributed by atoms with Gasteiger partial charge in [0.25, 0.3) is 0 Å². The van der Waals surface area contributed by atoms with Crippen molar-refractivity contribution in [1.82, 2.24) is 0 Å². The molecule has 2 aromatic carbocycles. The highest BCUT2D eigenvalue weighted by Crippen LogP contribution is 2.25. The molecule has 2 nitrogen and oxygen atoms in total. The lowest BCUT2D eigenvalue weighted by Gasteiger charge is -2.08. The molecular weight excluding hydrogens is 200 g/mol. The first-order chi connectivity index (χ1) is 7.92. The number of aldehydes is 1. The monoisotopic (exact) mass is 214 g/mol. The summed E-state index contributed by atoms with van der Waals surface area (Å²) in [4.78, 5) is 10.2. The third kappa shape index (κ3) is 2.40. The van der Waals surface area contributed by atoms with Crippen molar-refractivity contribution in [3.63, 3.8) is 0 Å². The Morgan fingerprint density at radius 3 is 2.75 bits per heavy atom. The van der Waals surface area contributed by atoms with Gasteiger partial charge in [-0.25, -0.2) is 0 Å². The highest BCUT2D eigenvalue weighted by atomic mass is 16.5. The van der Waals surface area contributed by atoms with E-state index in [0.717, 1.165) is 23.8 Å². The number of ether oxygens (including phenoxy) is 1. The van der Waals surface area contributed by atoms with Crippen LogP contribution in [0.3, 0.4) is 0 Å². The summed E-state index contributed by atoms with van der Waals surface area (Å²) >= 11 is 0. The number of carbonyl (C=O) groups is 1. The van der Waals surface area contributed by atoms with Crippen molar-refractivity contribution in [1.29, 1.82) is 0 Å². The van der Waals surface area contributed by atoms with E-state index >= 15 is 0 Å². The van der Waals surface area contributed by atoms with Crippen molar-refractivity contribution >= 4 is 17.1 Å². The molecule has 16 heavy (non-hydrogen) atoms. The van der Waals surface area contributed by atoms with E-state index < -0.39 is 0 Å². The van der Waals surface area contributed by atoms with E-state index in [4.69, 9.17) is 4.74 Å². The highest BCUT2D eigenvalue weighted by Gasteiger charge is 2.00. The van der Waals surface area contributed by atoms with Gasteiger partial charge in [0.1, 0.15) is 12.0 Å². The first-order valence-electron chi connectivity index (χ1n) is 5.46. The average molecular weight is 214 g/mol. The molecule has 0 aliphatic heterocycles. The highest BCUT2D eigenvalue weighted by molar-refractivity contribution is 5.88. The van der Waals surface area contributed by atoms with Gasteiger partial charge in [-0.05, 0) is 17.9 Å². The molecule has 0 bridgehead atoms. The third-order valence-corrected chi connectivity index (χ3v) is 2.47. The van der Waals surface area contributed by atoms with E-state index in [1.807, 2.05) is 30.3 Å². The van der Waals surface area contributed by atoms with Gasteiger partial charge in [-0.1, -0.05) is 36.4 Å². The third-order valence-electron chi connectivity index (χ3n) is 2.47. The fourth-order valence-corrected chi connectivity index (χ4v) is 1.67. The fourth-order valence-electron chi connectivity index (χ4n) is 1.67. The molecule has 0 amide bonds. The molecule has 2 heteroatoms. The number of hydrogen-bond donors (Lipinski definition) is 0. The Morgan fingerprint density at radius 2 is 1.88 bits per heavy atom. The minimum atomic E-state index is 0.560. The van der Waals surface area contributed by atoms with Crippen LogP contribution in [0, 0.1) is 0 Å². The summed E-state index contributed by atoms with van der Waals surface area (Å²) < 4.78 is 5.66. The molecular formula is C14H14O2. The zero-order chi connectivity index (χ0) is 11.2. The summed E-state index contributed by atoms with van der Waals surface area (Å²) in [6, 6.07) is 14.1. The van der Waals surface area contributed by atoms with Gasteiger partial charge < -0.3 is 9.53 Å². The van der Waals surface area contributed by atoms with Gasteiger partial charge in [0.05, 0.1) is 6.61 Å². The van der Waals surface area contributed by atoms with E-state index in [9.17, 15) is 4.79 Å². The maximum Gasteiger partial charge on any atom is 0.127 e. The van der Waals surface area contributed by atoms with Gasteiger partial charge in [-0.15, -0.1) is 0 Å².